The molecule has 1 N–H and O–H groups in total. The molecule has 2 atom stereocenters. The number of fused-ring (bicyclic) bond motifs is 4. The van der Waals surface area contributed by atoms with Gasteiger partial charge in [0, 0.05) is 38.4 Å². The number of pyridine rings is 2. The molecule has 0 aliphatic carbocycles. The van der Waals surface area contributed by atoms with Crippen molar-refractivity contribution in [1.29, 1.82) is 0 Å². The Morgan fingerprint density at radius 3 is 2.76 bits per heavy atom. The van der Waals surface area contributed by atoms with Gasteiger partial charge in [-0.3, -0.25) is 9.88 Å². The van der Waals surface area contributed by atoms with Gasteiger partial charge in [0.2, 0.25) is 0 Å². The normalized spacial score (nSPS) is 22.9. The number of hydrogen-bond acceptors (Lipinski definition) is 6. The summed E-state index contributed by atoms with van der Waals surface area (Å²) in [6, 6.07) is 8.46. The highest BCUT2D eigenvalue weighted by molar-refractivity contribution is 6.04. The molecule has 0 unspecified atom stereocenters. The number of rotatable bonds is 3. The molecule has 3 aliphatic rings. The summed E-state index contributed by atoms with van der Waals surface area (Å²) in [5.41, 5.74) is 1.75. The lowest BCUT2D eigenvalue weighted by molar-refractivity contribution is 0.255. The van der Waals surface area contributed by atoms with Crippen molar-refractivity contribution in [2.24, 2.45) is 0 Å². The molecule has 29 heavy (non-hydrogen) atoms. The standard InChI is InChI=1S/C21H27N7O/c1-25(2)16-7-11-27(13-16)19-6-5-18-20(24-19)28(17-8-10-26(18)14-17)21(29)23-15-4-3-9-22-12-15/h3-6,9,12,16-17H,7-8,10-11,13-14H2,1-2H3,(H,23,29)/t16-,17-/m0/s1. The minimum atomic E-state index is -0.136. The van der Waals surface area contributed by atoms with Crippen LogP contribution in [0.5, 0.6) is 0 Å². The van der Waals surface area contributed by atoms with Crippen LogP contribution in [0.25, 0.3) is 0 Å². The molecule has 2 saturated heterocycles. The van der Waals surface area contributed by atoms with Crippen LogP contribution in [-0.4, -0.2) is 73.3 Å². The van der Waals surface area contributed by atoms with E-state index in [-0.39, 0.29) is 12.1 Å². The van der Waals surface area contributed by atoms with Crippen LogP contribution in [0.1, 0.15) is 12.8 Å². The summed E-state index contributed by atoms with van der Waals surface area (Å²) in [5, 5.41) is 2.99. The summed E-state index contributed by atoms with van der Waals surface area (Å²) >= 11 is 0. The van der Waals surface area contributed by atoms with Gasteiger partial charge < -0.3 is 20.0 Å². The molecule has 2 amide bonds. The zero-order valence-electron chi connectivity index (χ0n) is 17.0. The predicted octanol–water partition coefficient (Wildman–Crippen LogP) is 2.25. The number of carbonyl (C=O) groups is 1. The molecular formula is C21H27N7O. The maximum Gasteiger partial charge on any atom is 0.327 e. The Bertz CT molecular complexity index is 903. The topological polar surface area (TPSA) is 67.8 Å². The molecule has 2 aromatic rings. The highest BCUT2D eigenvalue weighted by Gasteiger charge is 2.40. The van der Waals surface area contributed by atoms with Crippen LogP contribution in [0.15, 0.2) is 36.7 Å². The summed E-state index contributed by atoms with van der Waals surface area (Å²) in [7, 11) is 4.26. The van der Waals surface area contributed by atoms with Crippen molar-refractivity contribution in [2.45, 2.75) is 24.9 Å². The van der Waals surface area contributed by atoms with Crippen LogP contribution in [0.2, 0.25) is 0 Å². The third-order valence-electron chi connectivity index (χ3n) is 6.29. The zero-order chi connectivity index (χ0) is 20.0. The number of nitrogens with one attached hydrogen (secondary N) is 1. The lowest BCUT2D eigenvalue weighted by atomic mass is 10.2. The van der Waals surface area contributed by atoms with Gasteiger partial charge in [-0.1, -0.05) is 0 Å². The van der Waals surface area contributed by atoms with Crippen molar-refractivity contribution in [3.63, 3.8) is 0 Å². The van der Waals surface area contributed by atoms with E-state index in [1.807, 2.05) is 17.0 Å². The van der Waals surface area contributed by atoms with E-state index in [9.17, 15) is 4.79 Å². The molecule has 5 rings (SSSR count). The van der Waals surface area contributed by atoms with Crippen LogP contribution in [0.3, 0.4) is 0 Å². The highest BCUT2D eigenvalue weighted by atomic mass is 16.2. The van der Waals surface area contributed by atoms with Gasteiger partial charge in [-0.25, -0.2) is 9.78 Å². The summed E-state index contributed by atoms with van der Waals surface area (Å²) in [4.78, 5) is 31.1. The minimum Gasteiger partial charge on any atom is -0.366 e. The molecule has 5 heterocycles. The number of hydrogen-bond donors (Lipinski definition) is 1. The van der Waals surface area contributed by atoms with Gasteiger partial charge >= 0.3 is 6.03 Å². The van der Waals surface area contributed by atoms with Crippen molar-refractivity contribution < 1.29 is 4.79 Å². The number of aromatic nitrogens is 2. The second-order valence-electron chi connectivity index (χ2n) is 8.29. The summed E-state index contributed by atoms with van der Waals surface area (Å²) in [5.74, 6) is 1.72. The first-order valence-corrected chi connectivity index (χ1v) is 10.3. The Hall–Kier alpha value is -2.87. The average Bonchev–Trinajstić information content (AvgIpc) is 3.37. The van der Waals surface area contributed by atoms with E-state index in [1.54, 1.807) is 12.4 Å². The van der Waals surface area contributed by atoms with Gasteiger partial charge in [-0.2, -0.15) is 0 Å². The number of nitrogens with zero attached hydrogens (tertiary/aromatic N) is 6. The van der Waals surface area contributed by atoms with Crippen LogP contribution in [0, 0.1) is 0 Å². The molecule has 2 fully saturated rings. The molecular weight excluding hydrogens is 366 g/mol. The van der Waals surface area contributed by atoms with Crippen molar-refractivity contribution in [3.8, 4) is 0 Å². The summed E-state index contributed by atoms with van der Waals surface area (Å²) in [6.45, 7) is 3.78. The van der Waals surface area contributed by atoms with E-state index < -0.39 is 0 Å². The smallest absolute Gasteiger partial charge is 0.327 e. The van der Waals surface area contributed by atoms with Crippen LogP contribution in [0.4, 0.5) is 27.8 Å². The largest absolute Gasteiger partial charge is 0.366 e. The predicted molar refractivity (Wildman–Crippen MR) is 115 cm³/mol. The molecule has 8 nitrogen and oxygen atoms in total. The zero-order valence-corrected chi connectivity index (χ0v) is 17.0. The lowest BCUT2D eigenvalue weighted by Crippen LogP contribution is -2.48. The summed E-state index contributed by atoms with van der Waals surface area (Å²) in [6.07, 6.45) is 5.45. The second kappa shape index (κ2) is 7.18. The quantitative estimate of drug-likeness (QED) is 0.863. The van der Waals surface area contributed by atoms with Gasteiger partial charge in [0.1, 0.15) is 5.82 Å². The number of urea groups is 1. The Balaban J connectivity index is 1.45. The fraction of sp³-hybridized carbons (Fsp3) is 0.476. The Morgan fingerprint density at radius 1 is 1.14 bits per heavy atom. The highest BCUT2D eigenvalue weighted by Crippen LogP contribution is 2.40. The maximum atomic E-state index is 13.2. The lowest BCUT2D eigenvalue weighted by Gasteiger charge is -2.36. The molecule has 8 heteroatoms. The molecule has 3 aliphatic heterocycles. The van der Waals surface area contributed by atoms with E-state index >= 15 is 0 Å². The van der Waals surface area contributed by atoms with Crippen LogP contribution in [-0.2, 0) is 0 Å². The third-order valence-corrected chi connectivity index (χ3v) is 6.29. The Labute approximate surface area is 171 Å². The van der Waals surface area contributed by atoms with Crippen LogP contribution >= 0.6 is 0 Å². The number of amides is 2. The monoisotopic (exact) mass is 393 g/mol. The van der Waals surface area contributed by atoms with Crippen molar-refractivity contribution >= 4 is 29.0 Å². The molecule has 152 valence electrons. The molecule has 2 aromatic heterocycles. The van der Waals surface area contributed by atoms with E-state index in [0.717, 1.165) is 56.3 Å². The summed E-state index contributed by atoms with van der Waals surface area (Å²) < 4.78 is 0. The first kappa shape index (κ1) is 18.2. The number of likely N-dealkylation sites (N-methyl/N-ethyl adjacent to an activating group) is 1. The molecule has 2 bridgehead atoms. The van der Waals surface area contributed by atoms with Gasteiger partial charge in [0.15, 0.2) is 5.82 Å². The molecule has 0 spiro atoms. The first-order chi connectivity index (χ1) is 14.1. The Morgan fingerprint density at radius 2 is 2.00 bits per heavy atom. The fourth-order valence-electron chi connectivity index (χ4n) is 4.63. The molecule has 0 saturated carbocycles. The van der Waals surface area contributed by atoms with E-state index in [4.69, 9.17) is 4.98 Å². The van der Waals surface area contributed by atoms with Crippen molar-refractivity contribution in [1.82, 2.24) is 14.9 Å². The fourth-order valence-corrected chi connectivity index (χ4v) is 4.63. The number of carbonyl (C=O) groups excluding carboxylic acids is 1. The minimum absolute atomic E-state index is 0.136. The van der Waals surface area contributed by atoms with Gasteiger partial charge in [0.25, 0.3) is 0 Å². The Kier molecular flexibility index (Phi) is 4.50. The first-order valence-electron chi connectivity index (χ1n) is 10.3. The van der Waals surface area contributed by atoms with Gasteiger partial charge in [0.05, 0.1) is 23.6 Å². The maximum absolute atomic E-state index is 13.2. The van der Waals surface area contributed by atoms with E-state index in [0.29, 0.717) is 11.7 Å². The SMILES string of the molecule is CN(C)[C@H]1CCN(c2ccc3c(n2)N(C(=O)Nc2cccnc2)[C@H]2CCN3C2)C1. The van der Waals surface area contributed by atoms with Crippen molar-refractivity contribution in [2.75, 3.05) is 60.3 Å². The van der Waals surface area contributed by atoms with E-state index in [2.05, 4.69) is 51.2 Å². The molecule has 0 radical (unpaired) electrons. The molecule has 0 aromatic carbocycles. The number of anilines is 4. The second-order valence-corrected chi connectivity index (χ2v) is 8.29. The average molecular weight is 393 g/mol. The van der Waals surface area contributed by atoms with Gasteiger partial charge in [-0.05, 0) is 51.2 Å². The third kappa shape index (κ3) is 3.27. The van der Waals surface area contributed by atoms with Crippen molar-refractivity contribution in [3.05, 3.63) is 36.7 Å². The van der Waals surface area contributed by atoms with E-state index in [1.165, 1.54) is 0 Å². The van der Waals surface area contributed by atoms with Crippen LogP contribution < -0.4 is 20.0 Å². The van der Waals surface area contributed by atoms with Gasteiger partial charge in [-0.15, -0.1) is 0 Å².